The zero-order chi connectivity index (χ0) is 11.3. The lowest BCUT2D eigenvalue weighted by Crippen LogP contribution is -2.16. The first kappa shape index (κ1) is 11.6. The molecule has 0 saturated heterocycles. The van der Waals surface area contributed by atoms with Crippen LogP contribution in [0, 0.1) is 5.92 Å². The van der Waals surface area contributed by atoms with Gasteiger partial charge in [-0.25, -0.2) is 0 Å². The predicted octanol–water partition coefficient (Wildman–Crippen LogP) is 0.977. The van der Waals surface area contributed by atoms with Gasteiger partial charge in [-0.1, -0.05) is 18.3 Å². The Morgan fingerprint density at radius 1 is 1.60 bits per heavy atom. The summed E-state index contributed by atoms with van der Waals surface area (Å²) in [4.78, 5) is 21.7. The fraction of sp³-hybridized carbons (Fsp3) is 0.500. The minimum atomic E-state index is -0.897. The summed E-state index contributed by atoms with van der Waals surface area (Å²) in [6.45, 7) is 1.72. The molecule has 1 rings (SSSR count). The van der Waals surface area contributed by atoms with Crippen LogP contribution >= 0.6 is 11.3 Å². The molecule has 6 nitrogen and oxygen atoms in total. The Labute approximate surface area is 90.3 Å². The molecule has 15 heavy (non-hydrogen) atoms. The fourth-order valence-electron chi connectivity index (χ4n) is 1.08. The number of rotatable bonds is 5. The number of aliphatic carboxylic acids is 1. The first-order valence-corrected chi connectivity index (χ1v) is 5.23. The van der Waals surface area contributed by atoms with Crippen molar-refractivity contribution in [2.45, 2.75) is 19.8 Å². The number of nitrogens with zero attached hydrogens (tertiary/aromatic N) is 2. The normalized spacial score (nSPS) is 12.1. The maximum absolute atomic E-state index is 11.3. The molecule has 1 aromatic heterocycles. The highest BCUT2D eigenvalue weighted by Crippen LogP contribution is 2.12. The van der Waals surface area contributed by atoms with Gasteiger partial charge in [0.2, 0.25) is 11.0 Å². The molecule has 1 heterocycles. The lowest BCUT2D eigenvalue weighted by molar-refractivity contribution is -0.138. The number of carbonyl (C=O) groups is 2. The van der Waals surface area contributed by atoms with Crippen LogP contribution in [0.2, 0.25) is 0 Å². The van der Waals surface area contributed by atoms with Gasteiger partial charge in [0.1, 0.15) is 5.51 Å². The number of carbonyl (C=O) groups excluding carboxylic acids is 1. The van der Waals surface area contributed by atoms with E-state index in [2.05, 4.69) is 15.5 Å². The van der Waals surface area contributed by atoms with Gasteiger partial charge in [0, 0.05) is 12.8 Å². The third-order valence-electron chi connectivity index (χ3n) is 1.66. The van der Waals surface area contributed by atoms with Gasteiger partial charge >= 0.3 is 5.97 Å². The molecular weight excluding hydrogens is 218 g/mol. The summed E-state index contributed by atoms with van der Waals surface area (Å²) >= 11 is 1.22. The van der Waals surface area contributed by atoms with Crippen LogP contribution in [0.5, 0.6) is 0 Å². The molecule has 1 amide bonds. The van der Waals surface area contributed by atoms with Crippen molar-refractivity contribution in [2.24, 2.45) is 5.92 Å². The van der Waals surface area contributed by atoms with Gasteiger partial charge in [-0.2, -0.15) is 0 Å². The van der Waals surface area contributed by atoms with Crippen LogP contribution in [-0.4, -0.2) is 27.2 Å². The van der Waals surface area contributed by atoms with Crippen LogP contribution in [-0.2, 0) is 9.59 Å². The average molecular weight is 229 g/mol. The zero-order valence-electron chi connectivity index (χ0n) is 8.14. The van der Waals surface area contributed by atoms with Crippen molar-refractivity contribution in [1.29, 1.82) is 0 Å². The van der Waals surface area contributed by atoms with E-state index in [1.54, 1.807) is 6.92 Å². The van der Waals surface area contributed by atoms with E-state index in [1.165, 1.54) is 16.8 Å². The third-order valence-corrected chi connectivity index (χ3v) is 2.27. The number of nitrogens with one attached hydrogen (secondary N) is 1. The molecule has 0 fully saturated rings. The van der Waals surface area contributed by atoms with Crippen molar-refractivity contribution in [3.8, 4) is 0 Å². The molecule has 0 unspecified atom stereocenters. The van der Waals surface area contributed by atoms with Crippen LogP contribution in [0.1, 0.15) is 19.8 Å². The van der Waals surface area contributed by atoms with Crippen LogP contribution in [0.15, 0.2) is 5.51 Å². The number of anilines is 1. The van der Waals surface area contributed by atoms with Crippen molar-refractivity contribution < 1.29 is 14.7 Å². The molecule has 2 N–H and O–H groups in total. The van der Waals surface area contributed by atoms with Gasteiger partial charge in [0.25, 0.3) is 0 Å². The van der Waals surface area contributed by atoms with Crippen molar-refractivity contribution in [3.63, 3.8) is 0 Å². The Bertz CT molecular complexity index is 339. The molecule has 0 aromatic carbocycles. The van der Waals surface area contributed by atoms with Crippen molar-refractivity contribution in [1.82, 2.24) is 10.2 Å². The molecule has 0 aliphatic rings. The smallest absolute Gasteiger partial charge is 0.303 e. The molecule has 0 aliphatic heterocycles. The highest BCUT2D eigenvalue weighted by atomic mass is 32.1. The minimum absolute atomic E-state index is 0.0104. The first-order chi connectivity index (χ1) is 7.08. The second-order valence-corrected chi connectivity index (χ2v) is 4.03. The molecule has 0 saturated carbocycles. The Kier molecular flexibility index (Phi) is 4.17. The largest absolute Gasteiger partial charge is 0.481 e. The Morgan fingerprint density at radius 3 is 2.87 bits per heavy atom. The first-order valence-electron chi connectivity index (χ1n) is 4.35. The van der Waals surface area contributed by atoms with E-state index in [0.29, 0.717) is 5.13 Å². The monoisotopic (exact) mass is 229 g/mol. The quantitative estimate of drug-likeness (QED) is 0.785. The molecule has 0 radical (unpaired) electrons. The second kappa shape index (κ2) is 5.40. The summed E-state index contributed by atoms with van der Waals surface area (Å²) in [5.41, 5.74) is 1.51. The van der Waals surface area contributed by atoms with Gasteiger partial charge in [-0.3, -0.25) is 9.59 Å². The average Bonchev–Trinajstić information content (AvgIpc) is 2.53. The molecule has 0 spiro atoms. The van der Waals surface area contributed by atoms with Crippen LogP contribution in [0.3, 0.4) is 0 Å². The topological polar surface area (TPSA) is 92.2 Å². The molecule has 0 bridgehead atoms. The van der Waals surface area contributed by atoms with E-state index < -0.39 is 5.97 Å². The van der Waals surface area contributed by atoms with E-state index >= 15 is 0 Å². The Morgan fingerprint density at radius 2 is 2.33 bits per heavy atom. The van der Waals surface area contributed by atoms with Crippen LogP contribution < -0.4 is 5.32 Å². The van der Waals surface area contributed by atoms with Crippen LogP contribution in [0.4, 0.5) is 5.13 Å². The van der Waals surface area contributed by atoms with Gasteiger partial charge in [-0.15, -0.1) is 10.2 Å². The predicted molar refractivity (Wildman–Crippen MR) is 54.6 cm³/mol. The Balaban J connectivity index is 2.33. The second-order valence-electron chi connectivity index (χ2n) is 3.20. The summed E-state index contributed by atoms with van der Waals surface area (Å²) in [5, 5.41) is 18.7. The standard InChI is InChI=1S/C8H11N3O3S/c1-5(3-7(13)14)2-6(12)10-8-11-9-4-15-8/h4-5H,2-3H2,1H3,(H,13,14)(H,10,11,12)/t5-/m1/s1. The maximum Gasteiger partial charge on any atom is 0.303 e. The number of hydrogen-bond acceptors (Lipinski definition) is 5. The van der Waals surface area contributed by atoms with Gasteiger partial charge < -0.3 is 10.4 Å². The lowest BCUT2D eigenvalue weighted by Gasteiger charge is -2.06. The number of carboxylic acid groups (broad SMARTS) is 1. The molecule has 0 aliphatic carbocycles. The number of hydrogen-bond donors (Lipinski definition) is 2. The molecule has 82 valence electrons. The third kappa shape index (κ3) is 4.50. The number of amides is 1. The van der Waals surface area contributed by atoms with Crippen molar-refractivity contribution in [2.75, 3.05) is 5.32 Å². The van der Waals surface area contributed by atoms with Crippen LogP contribution in [0.25, 0.3) is 0 Å². The van der Waals surface area contributed by atoms with Crippen molar-refractivity contribution in [3.05, 3.63) is 5.51 Å². The lowest BCUT2D eigenvalue weighted by atomic mass is 10.0. The Hall–Kier alpha value is -1.50. The fourth-order valence-corrected chi connectivity index (χ4v) is 1.55. The molecule has 1 aromatic rings. The molecule has 7 heteroatoms. The molecule has 1 atom stereocenters. The summed E-state index contributed by atoms with van der Waals surface area (Å²) in [6.07, 6.45) is 0.162. The van der Waals surface area contributed by atoms with Gasteiger partial charge in [0.05, 0.1) is 0 Å². The maximum atomic E-state index is 11.3. The van der Waals surface area contributed by atoms with E-state index in [-0.39, 0.29) is 24.7 Å². The van der Waals surface area contributed by atoms with E-state index in [9.17, 15) is 9.59 Å². The highest BCUT2D eigenvalue weighted by molar-refractivity contribution is 7.13. The van der Waals surface area contributed by atoms with Gasteiger partial charge in [-0.05, 0) is 5.92 Å². The summed E-state index contributed by atoms with van der Waals surface area (Å²) in [7, 11) is 0. The summed E-state index contributed by atoms with van der Waals surface area (Å²) < 4.78 is 0. The molecular formula is C8H11N3O3S. The summed E-state index contributed by atoms with van der Waals surface area (Å²) in [5.74, 6) is -1.32. The van der Waals surface area contributed by atoms with E-state index in [0.717, 1.165) is 0 Å². The SMILES string of the molecule is C[C@@H](CC(=O)O)CC(=O)Nc1nncs1. The van der Waals surface area contributed by atoms with Gasteiger partial charge in [0.15, 0.2) is 0 Å². The highest BCUT2D eigenvalue weighted by Gasteiger charge is 2.13. The van der Waals surface area contributed by atoms with Crippen molar-refractivity contribution >= 4 is 28.3 Å². The minimum Gasteiger partial charge on any atom is -0.481 e. The van der Waals surface area contributed by atoms with E-state index in [4.69, 9.17) is 5.11 Å². The summed E-state index contributed by atoms with van der Waals surface area (Å²) in [6, 6.07) is 0. The number of aromatic nitrogens is 2. The zero-order valence-corrected chi connectivity index (χ0v) is 8.95. The van der Waals surface area contributed by atoms with E-state index in [1.807, 2.05) is 0 Å². The number of carboxylic acids is 1.